The summed E-state index contributed by atoms with van der Waals surface area (Å²) < 4.78 is 5.49. The lowest BCUT2D eigenvalue weighted by Crippen LogP contribution is -2.49. The summed E-state index contributed by atoms with van der Waals surface area (Å²) >= 11 is 0. The fraction of sp³-hybridized carbons (Fsp3) is 0.381. The third-order valence-corrected chi connectivity index (χ3v) is 4.64. The molecule has 2 aromatic carbocycles. The second-order valence-electron chi connectivity index (χ2n) is 6.52. The maximum absolute atomic E-state index is 12.4. The van der Waals surface area contributed by atoms with E-state index in [4.69, 9.17) is 4.74 Å². The Morgan fingerprint density at radius 1 is 1.12 bits per heavy atom. The molecule has 1 aliphatic heterocycles. The van der Waals surface area contributed by atoms with Crippen LogP contribution >= 0.6 is 0 Å². The van der Waals surface area contributed by atoms with Gasteiger partial charge in [-0.05, 0) is 24.5 Å². The molecule has 0 spiro atoms. The predicted molar refractivity (Wildman–Crippen MR) is 99.7 cm³/mol. The van der Waals surface area contributed by atoms with Crippen LogP contribution < -0.4 is 5.32 Å². The van der Waals surface area contributed by atoms with E-state index in [1.165, 1.54) is 11.1 Å². The van der Waals surface area contributed by atoms with Gasteiger partial charge < -0.3 is 15.0 Å². The van der Waals surface area contributed by atoms with Crippen molar-refractivity contribution in [2.75, 3.05) is 26.2 Å². The van der Waals surface area contributed by atoms with Crippen LogP contribution in [0.15, 0.2) is 60.7 Å². The molecule has 1 fully saturated rings. The van der Waals surface area contributed by atoms with Gasteiger partial charge in [-0.15, -0.1) is 0 Å². The first kappa shape index (κ1) is 17.5. The van der Waals surface area contributed by atoms with Crippen molar-refractivity contribution in [1.29, 1.82) is 0 Å². The van der Waals surface area contributed by atoms with E-state index in [0.717, 1.165) is 6.42 Å². The Labute approximate surface area is 149 Å². The number of benzene rings is 2. The van der Waals surface area contributed by atoms with Crippen LogP contribution in [-0.4, -0.2) is 43.3 Å². The molecule has 1 aliphatic rings. The van der Waals surface area contributed by atoms with Crippen LogP contribution in [0.5, 0.6) is 0 Å². The highest BCUT2D eigenvalue weighted by Gasteiger charge is 2.21. The number of ether oxygens (including phenoxy) is 1. The van der Waals surface area contributed by atoms with Gasteiger partial charge in [0.1, 0.15) is 0 Å². The second-order valence-corrected chi connectivity index (χ2v) is 6.52. The monoisotopic (exact) mass is 338 g/mol. The van der Waals surface area contributed by atoms with Crippen LogP contribution in [-0.2, 0) is 4.74 Å². The summed E-state index contributed by atoms with van der Waals surface area (Å²) in [4.78, 5) is 14.2. The maximum atomic E-state index is 12.4. The molecule has 0 bridgehead atoms. The average Bonchev–Trinajstić information content (AvgIpc) is 2.66. The van der Waals surface area contributed by atoms with Gasteiger partial charge in [0.15, 0.2) is 0 Å². The summed E-state index contributed by atoms with van der Waals surface area (Å²) in [6, 6.07) is 21.0. The largest absolute Gasteiger partial charge is 0.375 e. The normalized spacial score (nSPS) is 17.5. The van der Waals surface area contributed by atoms with Gasteiger partial charge in [0.25, 0.3) is 0 Å². The third-order valence-electron chi connectivity index (χ3n) is 4.64. The highest BCUT2D eigenvalue weighted by Crippen LogP contribution is 2.27. The minimum atomic E-state index is 0.00928. The van der Waals surface area contributed by atoms with E-state index in [2.05, 4.69) is 53.8 Å². The number of carbonyl (C=O) groups excluding carboxylic acids is 1. The van der Waals surface area contributed by atoms with Crippen molar-refractivity contribution >= 4 is 6.03 Å². The first-order valence-electron chi connectivity index (χ1n) is 8.98. The van der Waals surface area contributed by atoms with E-state index in [0.29, 0.717) is 26.2 Å². The minimum Gasteiger partial charge on any atom is -0.375 e. The first-order chi connectivity index (χ1) is 12.2. The molecule has 1 N–H and O–H groups in total. The van der Waals surface area contributed by atoms with Crippen molar-refractivity contribution in [2.45, 2.75) is 25.4 Å². The van der Waals surface area contributed by atoms with Gasteiger partial charge in [-0.25, -0.2) is 4.79 Å². The zero-order valence-corrected chi connectivity index (χ0v) is 14.7. The van der Waals surface area contributed by atoms with E-state index >= 15 is 0 Å². The molecular formula is C21H26N2O2. The van der Waals surface area contributed by atoms with Crippen molar-refractivity contribution in [3.05, 3.63) is 71.8 Å². The van der Waals surface area contributed by atoms with Crippen molar-refractivity contribution in [3.8, 4) is 0 Å². The summed E-state index contributed by atoms with van der Waals surface area (Å²) in [6.45, 7) is 4.59. The standard InChI is InChI=1S/C21H26N2O2/c1-17-16-23(14-15-25-17)21(24)22-13-12-20(18-8-4-2-5-9-18)19-10-6-3-7-11-19/h2-11,17,20H,12-16H2,1H3,(H,22,24)/t17-/m1/s1. The van der Waals surface area contributed by atoms with Gasteiger partial charge >= 0.3 is 6.03 Å². The molecule has 4 heteroatoms. The zero-order valence-electron chi connectivity index (χ0n) is 14.7. The summed E-state index contributed by atoms with van der Waals surface area (Å²) in [5.41, 5.74) is 2.56. The molecule has 0 unspecified atom stereocenters. The Hall–Kier alpha value is -2.33. The molecule has 2 amide bonds. The Bertz CT molecular complexity index is 621. The molecule has 0 aliphatic carbocycles. The number of rotatable bonds is 5. The number of urea groups is 1. The van der Waals surface area contributed by atoms with Gasteiger partial charge in [0.05, 0.1) is 12.7 Å². The number of hydrogen-bond acceptors (Lipinski definition) is 2. The Morgan fingerprint density at radius 2 is 1.72 bits per heavy atom. The third kappa shape index (κ3) is 4.83. The summed E-state index contributed by atoms with van der Waals surface area (Å²) in [5, 5.41) is 3.07. The van der Waals surface area contributed by atoms with E-state index in [-0.39, 0.29) is 18.1 Å². The summed E-state index contributed by atoms with van der Waals surface area (Å²) in [6.07, 6.45) is 0.987. The highest BCUT2D eigenvalue weighted by molar-refractivity contribution is 5.74. The van der Waals surface area contributed by atoms with E-state index in [1.807, 2.05) is 24.0 Å². The number of morpholine rings is 1. The van der Waals surface area contributed by atoms with Crippen molar-refractivity contribution < 1.29 is 9.53 Å². The number of hydrogen-bond donors (Lipinski definition) is 1. The maximum Gasteiger partial charge on any atom is 0.317 e. The topological polar surface area (TPSA) is 41.6 Å². The lowest BCUT2D eigenvalue weighted by Gasteiger charge is -2.31. The molecule has 4 nitrogen and oxygen atoms in total. The van der Waals surface area contributed by atoms with Crippen LogP contribution in [0.25, 0.3) is 0 Å². The predicted octanol–water partition coefficient (Wildman–Crippen LogP) is 3.64. The number of amides is 2. The van der Waals surface area contributed by atoms with E-state index in [1.54, 1.807) is 0 Å². The second kappa shape index (κ2) is 8.67. The SMILES string of the molecule is C[C@@H]1CN(C(=O)NCCC(c2ccccc2)c2ccccc2)CCO1. The molecule has 1 atom stereocenters. The Balaban J connectivity index is 1.60. The van der Waals surface area contributed by atoms with Crippen LogP contribution in [0.2, 0.25) is 0 Å². The van der Waals surface area contributed by atoms with Crippen molar-refractivity contribution in [1.82, 2.24) is 10.2 Å². The molecule has 0 saturated carbocycles. The van der Waals surface area contributed by atoms with Crippen molar-refractivity contribution in [2.24, 2.45) is 0 Å². The zero-order chi connectivity index (χ0) is 17.5. The van der Waals surface area contributed by atoms with Gasteiger partial charge in [-0.3, -0.25) is 0 Å². The van der Waals surface area contributed by atoms with Crippen LogP contribution in [0.1, 0.15) is 30.4 Å². The Morgan fingerprint density at radius 3 is 2.28 bits per heavy atom. The number of carbonyl (C=O) groups is 1. The number of nitrogens with zero attached hydrogens (tertiary/aromatic N) is 1. The quantitative estimate of drug-likeness (QED) is 0.904. The molecule has 0 radical (unpaired) electrons. The molecule has 0 aromatic heterocycles. The molecule has 132 valence electrons. The lowest BCUT2D eigenvalue weighted by atomic mass is 9.88. The van der Waals surface area contributed by atoms with Crippen LogP contribution in [0.3, 0.4) is 0 Å². The fourth-order valence-corrected chi connectivity index (χ4v) is 3.33. The van der Waals surface area contributed by atoms with E-state index in [9.17, 15) is 4.79 Å². The van der Waals surface area contributed by atoms with Gasteiger partial charge in [0, 0.05) is 25.6 Å². The van der Waals surface area contributed by atoms with Gasteiger partial charge in [-0.2, -0.15) is 0 Å². The lowest BCUT2D eigenvalue weighted by molar-refractivity contribution is -0.00345. The fourth-order valence-electron chi connectivity index (χ4n) is 3.33. The number of nitrogens with one attached hydrogen (secondary N) is 1. The first-order valence-corrected chi connectivity index (χ1v) is 8.98. The Kier molecular flexibility index (Phi) is 6.07. The smallest absolute Gasteiger partial charge is 0.317 e. The summed E-state index contributed by atoms with van der Waals surface area (Å²) in [7, 11) is 0. The highest BCUT2D eigenvalue weighted by atomic mass is 16.5. The molecule has 1 heterocycles. The average molecular weight is 338 g/mol. The van der Waals surface area contributed by atoms with Gasteiger partial charge in [0.2, 0.25) is 0 Å². The molecule has 1 saturated heterocycles. The van der Waals surface area contributed by atoms with Crippen molar-refractivity contribution in [3.63, 3.8) is 0 Å². The summed E-state index contributed by atoms with van der Waals surface area (Å²) in [5.74, 6) is 0.284. The van der Waals surface area contributed by atoms with E-state index < -0.39 is 0 Å². The van der Waals surface area contributed by atoms with Crippen LogP contribution in [0, 0.1) is 0 Å². The molecule has 25 heavy (non-hydrogen) atoms. The molecule has 2 aromatic rings. The molecular weight excluding hydrogens is 312 g/mol. The van der Waals surface area contributed by atoms with Gasteiger partial charge in [-0.1, -0.05) is 60.7 Å². The molecule has 3 rings (SSSR count). The van der Waals surface area contributed by atoms with Crippen LogP contribution in [0.4, 0.5) is 4.79 Å². The minimum absolute atomic E-state index is 0.00928.